The highest BCUT2D eigenvalue weighted by molar-refractivity contribution is 9.10. The van der Waals surface area contributed by atoms with Gasteiger partial charge in [-0.15, -0.1) is 0 Å². The Kier molecular flexibility index (Phi) is 4.62. The van der Waals surface area contributed by atoms with Gasteiger partial charge < -0.3 is 15.8 Å². The number of hydrogen-bond donors (Lipinski definition) is 2. The van der Waals surface area contributed by atoms with Crippen LogP contribution in [-0.2, 0) is 0 Å². The fourth-order valence-electron chi connectivity index (χ4n) is 1.90. The molecular formula is C15H15BrN2OS. The zero-order valence-corrected chi connectivity index (χ0v) is 13.6. The molecule has 104 valence electrons. The van der Waals surface area contributed by atoms with E-state index in [2.05, 4.69) is 21.2 Å². The van der Waals surface area contributed by atoms with E-state index < -0.39 is 0 Å². The van der Waals surface area contributed by atoms with Crippen molar-refractivity contribution in [3.8, 4) is 5.75 Å². The SMILES string of the molecule is COc1ccc(Br)c(Nc2c(C)cccc2C(N)=S)c1. The van der Waals surface area contributed by atoms with Gasteiger partial charge in [-0.2, -0.15) is 0 Å². The van der Waals surface area contributed by atoms with Crippen LogP contribution in [0.2, 0.25) is 0 Å². The molecule has 0 saturated heterocycles. The molecule has 0 bridgehead atoms. The normalized spacial score (nSPS) is 10.2. The molecule has 3 N–H and O–H groups in total. The fraction of sp³-hybridized carbons (Fsp3) is 0.133. The maximum absolute atomic E-state index is 5.79. The Morgan fingerprint density at radius 1 is 1.30 bits per heavy atom. The van der Waals surface area contributed by atoms with Crippen LogP contribution in [0.3, 0.4) is 0 Å². The molecule has 2 rings (SSSR count). The number of aryl methyl sites for hydroxylation is 1. The van der Waals surface area contributed by atoms with Crippen LogP contribution in [0.25, 0.3) is 0 Å². The highest BCUT2D eigenvalue weighted by atomic mass is 79.9. The average Bonchev–Trinajstić information content (AvgIpc) is 2.43. The van der Waals surface area contributed by atoms with Crippen molar-refractivity contribution >= 4 is 44.5 Å². The Labute approximate surface area is 132 Å². The Morgan fingerprint density at radius 3 is 2.70 bits per heavy atom. The summed E-state index contributed by atoms with van der Waals surface area (Å²) in [5, 5.41) is 3.37. The summed E-state index contributed by atoms with van der Waals surface area (Å²) in [6, 6.07) is 11.6. The number of hydrogen-bond acceptors (Lipinski definition) is 3. The van der Waals surface area contributed by atoms with Crippen LogP contribution >= 0.6 is 28.1 Å². The second kappa shape index (κ2) is 6.24. The molecule has 0 amide bonds. The van der Waals surface area contributed by atoms with Gasteiger partial charge in [-0.05, 0) is 46.6 Å². The lowest BCUT2D eigenvalue weighted by Crippen LogP contribution is -2.12. The smallest absolute Gasteiger partial charge is 0.121 e. The zero-order valence-electron chi connectivity index (χ0n) is 11.2. The minimum absolute atomic E-state index is 0.371. The molecule has 0 unspecified atom stereocenters. The molecule has 2 aromatic rings. The molecule has 0 aliphatic heterocycles. The van der Waals surface area contributed by atoms with Gasteiger partial charge in [0.25, 0.3) is 0 Å². The predicted molar refractivity (Wildman–Crippen MR) is 91.0 cm³/mol. The van der Waals surface area contributed by atoms with E-state index in [4.69, 9.17) is 22.7 Å². The number of benzene rings is 2. The molecule has 0 saturated carbocycles. The fourth-order valence-corrected chi connectivity index (χ4v) is 2.42. The van der Waals surface area contributed by atoms with E-state index in [1.54, 1.807) is 7.11 Å². The van der Waals surface area contributed by atoms with Crippen LogP contribution in [-0.4, -0.2) is 12.1 Å². The van der Waals surface area contributed by atoms with Crippen LogP contribution < -0.4 is 15.8 Å². The Balaban J connectivity index is 2.47. The molecule has 2 aromatic carbocycles. The first kappa shape index (κ1) is 14.8. The summed E-state index contributed by atoms with van der Waals surface area (Å²) in [5.74, 6) is 0.779. The summed E-state index contributed by atoms with van der Waals surface area (Å²) in [6.07, 6.45) is 0. The number of rotatable bonds is 4. The van der Waals surface area contributed by atoms with Crippen molar-refractivity contribution in [1.29, 1.82) is 0 Å². The molecule has 3 nitrogen and oxygen atoms in total. The highest BCUT2D eigenvalue weighted by Crippen LogP contribution is 2.32. The Hall–Kier alpha value is -1.59. The zero-order chi connectivity index (χ0) is 14.7. The van der Waals surface area contributed by atoms with Gasteiger partial charge in [0.05, 0.1) is 18.5 Å². The number of anilines is 2. The van der Waals surface area contributed by atoms with Gasteiger partial charge in [-0.3, -0.25) is 0 Å². The van der Waals surface area contributed by atoms with Crippen LogP contribution in [0, 0.1) is 6.92 Å². The molecule has 0 heterocycles. The van der Waals surface area contributed by atoms with Crippen molar-refractivity contribution in [3.05, 3.63) is 52.0 Å². The summed E-state index contributed by atoms with van der Waals surface area (Å²) >= 11 is 8.63. The molecule has 0 spiro atoms. The Bertz CT molecular complexity index is 658. The van der Waals surface area contributed by atoms with Gasteiger partial charge in [0.2, 0.25) is 0 Å². The van der Waals surface area contributed by atoms with Crippen molar-refractivity contribution in [2.24, 2.45) is 5.73 Å². The lowest BCUT2D eigenvalue weighted by molar-refractivity contribution is 0.415. The molecule has 0 radical (unpaired) electrons. The van der Waals surface area contributed by atoms with Crippen LogP contribution in [0.15, 0.2) is 40.9 Å². The van der Waals surface area contributed by atoms with Crippen molar-refractivity contribution in [3.63, 3.8) is 0 Å². The molecule has 0 aromatic heterocycles. The molecule has 0 atom stereocenters. The summed E-state index contributed by atoms with van der Waals surface area (Å²) < 4.78 is 6.18. The monoisotopic (exact) mass is 350 g/mol. The first-order valence-corrected chi connectivity index (χ1v) is 7.23. The van der Waals surface area contributed by atoms with E-state index >= 15 is 0 Å². The number of methoxy groups -OCH3 is 1. The minimum atomic E-state index is 0.371. The quantitative estimate of drug-likeness (QED) is 0.813. The number of halogens is 1. The van der Waals surface area contributed by atoms with Crippen molar-refractivity contribution in [2.75, 3.05) is 12.4 Å². The van der Waals surface area contributed by atoms with E-state index in [0.29, 0.717) is 4.99 Å². The van der Waals surface area contributed by atoms with Gasteiger partial charge in [-0.1, -0.05) is 24.4 Å². The minimum Gasteiger partial charge on any atom is -0.497 e. The molecule has 20 heavy (non-hydrogen) atoms. The van der Waals surface area contributed by atoms with E-state index in [0.717, 1.165) is 32.7 Å². The first-order chi connectivity index (χ1) is 9.52. The topological polar surface area (TPSA) is 47.3 Å². The number of thiocarbonyl (C=S) groups is 1. The van der Waals surface area contributed by atoms with E-state index in [1.807, 2.05) is 43.3 Å². The van der Waals surface area contributed by atoms with Crippen molar-refractivity contribution in [2.45, 2.75) is 6.92 Å². The molecule has 5 heteroatoms. The molecule has 0 aliphatic carbocycles. The lowest BCUT2D eigenvalue weighted by atomic mass is 10.1. The second-order valence-corrected chi connectivity index (χ2v) is 5.63. The standard InChI is InChI=1S/C15H15BrN2OS/c1-9-4-3-5-11(15(17)20)14(9)18-13-8-10(19-2)6-7-12(13)16/h3-8,18H,1-2H3,(H2,17,20). The average molecular weight is 351 g/mol. The molecule has 0 fully saturated rings. The van der Waals surface area contributed by atoms with Gasteiger partial charge in [-0.25, -0.2) is 0 Å². The second-order valence-electron chi connectivity index (χ2n) is 4.33. The van der Waals surface area contributed by atoms with E-state index in [9.17, 15) is 0 Å². The highest BCUT2D eigenvalue weighted by Gasteiger charge is 2.10. The molecular weight excluding hydrogens is 336 g/mol. The maximum Gasteiger partial charge on any atom is 0.121 e. The van der Waals surface area contributed by atoms with Crippen LogP contribution in [0.4, 0.5) is 11.4 Å². The predicted octanol–water partition coefficient (Wildman–Crippen LogP) is 4.14. The third kappa shape index (κ3) is 3.11. The summed E-state index contributed by atoms with van der Waals surface area (Å²) in [6.45, 7) is 2.01. The van der Waals surface area contributed by atoms with E-state index in [-0.39, 0.29) is 0 Å². The van der Waals surface area contributed by atoms with Gasteiger partial charge in [0.1, 0.15) is 10.7 Å². The summed E-state index contributed by atoms with van der Waals surface area (Å²) in [4.78, 5) is 0.371. The van der Waals surface area contributed by atoms with Crippen LogP contribution in [0.1, 0.15) is 11.1 Å². The summed E-state index contributed by atoms with van der Waals surface area (Å²) in [5.41, 5.74) is 9.50. The maximum atomic E-state index is 5.79. The van der Waals surface area contributed by atoms with Crippen molar-refractivity contribution < 1.29 is 4.74 Å². The lowest BCUT2D eigenvalue weighted by Gasteiger charge is -2.16. The number of ether oxygens (including phenoxy) is 1. The first-order valence-electron chi connectivity index (χ1n) is 6.03. The third-order valence-corrected chi connectivity index (χ3v) is 3.88. The molecule has 0 aliphatic rings. The third-order valence-electron chi connectivity index (χ3n) is 2.97. The van der Waals surface area contributed by atoms with Gasteiger partial charge >= 0.3 is 0 Å². The van der Waals surface area contributed by atoms with E-state index in [1.165, 1.54) is 0 Å². The number of nitrogens with one attached hydrogen (secondary N) is 1. The number of para-hydroxylation sites is 1. The van der Waals surface area contributed by atoms with Crippen LogP contribution in [0.5, 0.6) is 5.75 Å². The van der Waals surface area contributed by atoms with Gasteiger partial charge in [0.15, 0.2) is 0 Å². The largest absolute Gasteiger partial charge is 0.497 e. The van der Waals surface area contributed by atoms with Gasteiger partial charge in [0, 0.05) is 16.1 Å². The number of nitrogens with two attached hydrogens (primary N) is 1. The Morgan fingerprint density at radius 2 is 2.05 bits per heavy atom. The van der Waals surface area contributed by atoms with Crippen molar-refractivity contribution in [1.82, 2.24) is 0 Å². The summed E-state index contributed by atoms with van der Waals surface area (Å²) in [7, 11) is 1.64.